The Kier molecular flexibility index (Phi) is 4.01. The Hall–Kier alpha value is -1.69. The van der Waals surface area contributed by atoms with Crippen molar-refractivity contribution in [1.82, 2.24) is 0 Å². The van der Waals surface area contributed by atoms with Crippen LogP contribution >= 0.6 is 0 Å². The van der Waals surface area contributed by atoms with Crippen LogP contribution in [0.4, 0.5) is 5.69 Å². The molecule has 1 aromatic rings. The first-order valence-corrected chi connectivity index (χ1v) is 6.56. The van der Waals surface area contributed by atoms with Crippen LogP contribution in [0.5, 0.6) is 0 Å². The zero-order chi connectivity index (χ0) is 13.1. The third-order valence-electron chi connectivity index (χ3n) is 1.93. The van der Waals surface area contributed by atoms with E-state index >= 15 is 0 Å². The van der Waals surface area contributed by atoms with E-state index in [1.807, 2.05) is 0 Å². The van der Waals surface area contributed by atoms with Gasteiger partial charge in [0.25, 0.3) is 0 Å². The molecule has 0 heterocycles. The zero-order valence-electron chi connectivity index (χ0n) is 9.56. The highest BCUT2D eigenvalue weighted by atomic mass is 32.2. The quantitative estimate of drug-likeness (QED) is 0.870. The summed E-state index contributed by atoms with van der Waals surface area (Å²) in [6.45, 7) is 2.59. The van der Waals surface area contributed by atoms with E-state index in [4.69, 9.17) is 0 Å². The highest BCUT2D eigenvalue weighted by Gasteiger charge is 2.16. The Balaban J connectivity index is 2.94. The van der Waals surface area contributed by atoms with E-state index in [2.05, 4.69) is 5.32 Å². The van der Waals surface area contributed by atoms with Crippen molar-refractivity contribution in [3.63, 3.8) is 0 Å². The first kappa shape index (κ1) is 13.4. The summed E-state index contributed by atoms with van der Waals surface area (Å²) in [7, 11) is -3.57. The van der Waals surface area contributed by atoms with Crippen molar-refractivity contribution in [2.24, 2.45) is 0 Å². The lowest BCUT2D eigenvalue weighted by Crippen LogP contribution is -2.13. The van der Waals surface area contributed by atoms with Gasteiger partial charge in [-0.05, 0) is 31.2 Å². The van der Waals surface area contributed by atoms with Crippen molar-refractivity contribution in [2.75, 3.05) is 11.1 Å². The van der Waals surface area contributed by atoms with Gasteiger partial charge < -0.3 is 5.32 Å². The Labute approximate surface area is 99.8 Å². The standard InChI is InChI=1S/C11H13NO4S/c1-8(13)7-17(15,16)11-5-3-10(4-6-11)12-9(2)14/h3-6H,7H2,1-2H3,(H,12,14). The molecule has 0 spiro atoms. The molecule has 0 aliphatic heterocycles. The van der Waals surface area contributed by atoms with E-state index in [9.17, 15) is 18.0 Å². The molecule has 0 bridgehead atoms. The molecule has 92 valence electrons. The van der Waals surface area contributed by atoms with E-state index < -0.39 is 21.4 Å². The van der Waals surface area contributed by atoms with Crippen LogP contribution in [-0.2, 0) is 19.4 Å². The SMILES string of the molecule is CC(=O)CS(=O)(=O)c1ccc(NC(C)=O)cc1. The molecule has 5 nitrogen and oxygen atoms in total. The number of carbonyl (C=O) groups is 2. The molecule has 0 radical (unpaired) electrons. The van der Waals surface area contributed by atoms with Gasteiger partial charge >= 0.3 is 0 Å². The van der Waals surface area contributed by atoms with Crippen LogP contribution in [0.2, 0.25) is 0 Å². The van der Waals surface area contributed by atoms with Crippen molar-refractivity contribution in [3.8, 4) is 0 Å². The molecule has 6 heteroatoms. The summed E-state index contributed by atoms with van der Waals surface area (Å²) in [5, 5.41) is 2.52. The van der Waals surface area contributed by atoms with Crippen LogP contribution in [-0.4, -0.2) is 25.9 Å². The van der Waals surface area contributed by atoms with Crippen LogP contribution in [0.3, 0.4) is 0 Å². The monoisotopic (exact) mass is 255 g/mol. The summed E-state index contributed by atoms with van der Waals surface area (Å²) in [6, 6.07) is 5.69. The number of sulfone groups is 1. The third-order valence-corrected chi connectivity index (χ3v) is 3.70. The van der Waals surface area contributed by atoms with Gasteiger partial charge in [-0.1, -0.05) is 0 Å². The van der Waals surface area contributed by atoms with Gasteiger partial charge in [-0.15, -0.1) is 0 Å². The van der Waals surface area contributed by atoms with Crippen LogP contribution in [0.1, 0.15) is 13.8 Å². The van der Waals surface area contributed by atoms with E-state index in [1.54, 1.807) is 0 Å². The summed E-state index contributed by atoms with van der Waals surface area (Å²) < 4.78 is 23.3. The van der Waals surface area contributed by atoms with Gasteiger partial charge in [0.2, 0.25) is 5.91 Å². The molecular weight excluding hydrogens is 242 g/mol. The average Bonchev–Trinajstić information content (AvgIpc) is 2.15. The molecule has 0 unspecified atom stereocenters. The molecule has 1 amide bonds. The number of hydrogen-bond acceptors (Lipinski definition) is 4. The zero-order valence-corrected chi connectivity index (χ0v) is 10.4. The van der Waals surface area contributed by atoms with Crippen LogP contribution in [0.15, 0.2) is 29.2 Å². The third kappa shape index (κ3) is 3.99. The number of benzene rings is 1. The fourth-order valence-electron chi connectivity index (χ4n) is 1.30. The van der Waals surface area contributed by atoms with E-state index in [-0.39, 0.29) is 10.8 Å². The van der Waals surface area contributed by atoms with Gasteiger partial charge in [-0.3, -0.25) is 9.59 Å². The number of anilines is 1. The normalized spacial score (nSPS) is 10.9. The predicted octanol–water partition coefficient (Wildman–Crippen LogP) is 1.01. The lowest BCUT2D eigenvalue weighted by Gasteiger charge is -2.04. The van der Waals surface area contributed by atoms with Crippen LogP contribution < -0.4 is 5.32 Å². The van der Waals surface area contributed by atoms with Gasteiger partial charge in [0.15, 0.2) is 9.84 Å². The molecule has 17 heavy (non-hydrogen) atoms. The second-order valence-electron chi connectivity index (χ2n) is 3.67. The molecule has 0 saturated carbocycles. The Morgan fingerprint density at radius 2 is 1.65 bits per heavy atom. The first-order chi connectivity index (χ1) is 7.81. The second-order valence-corrected chi connectivity index (χ2v) is 5.66. The van der Waals surface area contributed by atoms with Crippen LogP contribution in [0, 0.1) is 0 Å². The summed E-state index contributed by atoms with van der Waals surface area (Å²) in [6.07, 6.45) is 0. The minimum absolute atomic E-state index is 0.0711. The number of nitrogens with one attached hydrogen (secondary N) is 1. The van der Waals surface area contributed by atoms with Gasteiger partial charge in [0, 0.05) is 12.6 Å². The molecule has 1 rings (SSSR count). The van der Waals surface area contributed by atoms with Gasteiger partial charge in [-0.2, -0.15) is 0 Å². The van der Waals surface area contributed by atoms with Crippen LogP contribution in [0.25, 0.3) is 0 Å². The van der Waals surface area contributed by atoms with Gasteiger partial charge in [0.05, 0.1) is 4.90 Å². The molecular formula is C11H13NO4S. The molecule has 0 aliphatic rings. The van der Waals surface area contributed by atoms with Crippen molar-refractivity contribution >= 4 is 27.2 Å². The van der Waals surface area contributed by atoms with Gasteiger partial charge in [-0.25, -0.2) is 8.42 Å². The van der Waals surface area contributed by atoms with Gasteiger partial charge in [0.1, 0.15) is 11.5 Å². The minimum atomic E-state index is -3.57. The second kappa shape index (κ2) is 5.09. The summed E-state index contributed by atoms with van der Waals surface area (Å²) in [5.41, 5.74) is 0.513. The first-order valence-electron chi connectivity index (χ1n) is 4.91. The lowest BCUT2D eigenvalue weighted by atomic mass is 10.3. The smallest absolute Gasteiger partial charge is 0.221 e. The summed E-state index contributed by atoms with van der Waals surface area (Å²) in [4.78, 5) is 21.6. The largest absolute Gasteiger partial charge is 0.326 e. The maximum absolute atomic E-state index is 11.7. The summed E-state index contributed by atoms with van der Waals surface area (Å²) >= 11 is 0. The summed E-state index contributed by atoms with van der Waals surface area (Å²) in [5.74, 6) is -1.15. The van der Waals surface area contributed by atoms with E-state index in [1.165, 1.54) is 38.1 Å². The number of rotatable bonds is 4. The number of carbonyl (C=O) groups excluding carboxylic acids is 2. The molecule has 0 aromatic heterocycles. The van der Waals surface area contributed by atoms with Crippen molar-refractivity contribution in [3.05, 3.63) is 24.3 Å². The molecule has 0 aliphatic carbocycles. The Bertz CT molecular complexity index is 531. The number of Topliss-reactive ketones (excluding diaryl/α,β-unsaturated/α-hetero) is 1. The lowest BCUT2D eigenvalue weighted by molar-refractivity contribution is -0.115. The number of amides is 1. The molecule has 0 saturated heterocycles. The molecule has 0 fully saturated rings. The maximum atomic E-state index is 11.7. The van der Waals surface area contributed by atoms with E-state index in [0.29, 0.717) is 5.69 Å². The molecule has 1 aromatic carbocycles. The van der Waals surface area contributed by atoms with E-state index in [0.717, 1.165) is 0 Å². The van der Waals surface area contributed by atoms with Crippen molar-refractivity contribution in [1.29, 1.82) is 0 Å². The van der Waals surface area contributed by atoms with Crippen molar-refractivity contribution in [2.45, 2.75) is 18.7 Å². The Morgan fingerprint density at radius 3 is 2.06 bits per heavy atom. The maximum Gasteiger partial charge on any atom is 0.221 e. The minimum Gasteiger partial charge on any atom is -0.326 e. The highest BCUT2D eigenvalue weighted by Crippen LogP contribution is 2.15. The fraction of sp³-hybridized carbons (Fsp3) is 0.273. The topological polar surface area (TPSA) is 80.3 Å². The Morgan fingerprint density at radius 1 is 1.12 bits per heavy atom. The highest BCUT2D eigenvalue weighted by molar-refractivity contribution is 7.92. The molecule has 1 N–H and O–H groups in total. The predicted molar refractivity (Wildman–Crippen MR) is 63.5 cm³/mol. The number of hydrogen-bond donors (Lipinski definition) is 1. The number of ketones is 1. The molecule has 0 atom stereocenters. The average molecular weight is 255 g/mol. The fourth-order valence-corrected chi connectivity index (χ4v) is 2.55. The van der Waals surface area contributed by atoms with Crippen molar-refractivity contribution < 1.29 is 18.0 Å².